The number of amidine groups is 1. The van der Waals surface area contributed by atoms with Crippen LogP contribution in [0.5, 0.6) is 0 Å². The van der Waals surface area contributed by atoms with E-state index in [-0.39, 0.29) is 0 Å². The molecule has 1 aromatic carbocycles. The van der Waals surface area contributed by atoms with E-state index in [9.17, 15) is 0 Å². The van der Waals surface area contributed by atoms with Gasteiger partial charge in [0, 0.05) is 12.1 Å². The molecule has 0 aromatic heterocycles. The van der Waals surface area contributed by atoms with Gasteiger partial charge in [0.1, 0.15) is 12.5 Å². The van der Waals surface area contributed by atoms with E-state index < -0.39 is 0 Å². The fourth-order valence-electron chi connectivity index (χ4n) is 3.58. The van der Waals surface area contributed by atoms with Gasteiger partial charge in [0.15, 0.2) is 0 Å². The van der Waals surface area contributed by atoms with Crippen LogP contribution in [0.15, 0.2) is 29.4 Å². The summed E-state index contributed by atoms with van der Waals surface area (Å²) < 4.78 is 0. The Kier molecular flexibility index (Phi) is 9.46. The molecule has 25 heavy (non-hydrogen) atoms. The zero-order valence-corrected chi connectivity index (χ0v) is 16.4. The van der Waals surface area contributed by atoms with E-state index in [4.69, 9.17) is 0 Å². The minimum absolute atomic E-state index is 0.804. The molecule has 0 saturated carbocycles. The molecule has 0 bridgehead atoms. The monoisotopic (exact) mass is 343 g/mol. The number of hydrazone groups is 1. The molecule has 0 unspecified atom stereocenters. The lowest BCUT2D eigenvalue weighted by molar-refractivity contribution is 0.551. The van der Waals surface area contributed by atoms with Crippen LogP contribution in [0.2, 0.25) is 0 Å². The standard InChI is InChI=1S/C22H37N3/c1-3-4-5-6-7-8-9-10-11-12-13-18-22-24-23-19-25(22)21-17-15-14-16-20(21)2/h14-17,23H,3-13,18-19H2,1-2H3. The molecule has 1 aliphatic rings. The van der Waals surface area contributed by atoms with Crippen LogP contribution < -0.4 is 10.3 Å². The molecule has 1 aromatic rings. The second-order valence-electron chi connectivity index (χ2n) is 7.34. The van der Waals surface area contributed by atoms with Crippen molar-refractivity contribution >= 4 is 11.5 Å². The first-order valence-corrected chi connectivity index (χ1v) is 10.5. The van der Waals surface area contributed by atoms with E-state index in [0.29, 0.717) is 0 Å². The minimum Gasteiger partial charge on any atom is -0.309 e. The smallest absolute Gasteiger partial charge is 0.130 e. The third-order valence-corrected chi connectivity index (χ3v) is 5.16. The third kappa shape index (κ3) is 7.09. The number of para-hydroxylation sites is 1. The molecule has 0 aliphatic carbocycles. The van der Waals surface area contributed by atoms with Crippen molar-refractivity contribution in [1.82, 2.24) is 5.43 Å². The molecule has 1 heterocycles. The molecular formula is C22H37N3. The highest BCUT2D eigenvalue weighted by Gasteiger charge is 2.19. The molecule has 140 valence electrons. The van der Waals surface area contributed by atoms with Crippen molar-refractivity contribution in [1.29, 1.82) is 0 Å². The Bertz CT molecular complexity index is 510. The number of aryl methyl sites for hydroxylation is 1. The van der Waals surface area contributed by atoms with E-state index in [1.807, 2.05) is 0 Å². The Hall–Kier alpha value is -1.51. The maximum atomic E-state index is 4.51. The van der Waals surface area contributed by atoms with Crippen LogP contribution in [-0.4, -0.2) is 12.5 Å². The van der Waals surface area contributed by atoms with Crippen molar-refractivity contribution in [2.45, 2.75) is 90.9 Å². The first-order valence-electron chi connectivity index (χ1n) is 10.5. The van der Waals surface area contributed by atoms with E-state index in [1.54, 1.807) is 0 Å². The summed E-state index contributed by atoms with van der Waals surface area (Å²) in [5, 5.41) is 4.51. The van der Waals surface area contributed by atoms with E-state index >= 15 is 0 Å². The van der Waals surface area contributed by atoms with Crippen LogP contribution in [0.1, 0.15) is 89.5 Å². The zero-order chi connectivity index (χ0) is 17.7. The average molecular weight is 344 g/mol. The summed E-state index contributed by atoms with van der Waals surface area (Å²) in [7, 11) is 0. The number of hydrogen-bond donors (Lipinski definition) is 1. The highest BCUT2D eigenvalue weighted by atomic mass is 15.5. The molecule has 0 radical (unpaired) electrons. The predicted molar refractivity (Wildman–Crippen MR) is 110 cm³/mol. The molecular weight excluding hydrogens is 306 g/mol. The summed E-state index contributed by atoms with van der Waals surface area (Å²) >= 11 is 0. The number of rotatable bonds is 13. The van der Waals surface area contributed by atoms with E-state index in [0.717, 1.165) is 13.1 Å². The maximum absolute atomic E-state index is 4.51. The second kappa shape index (κ2) is 11.9. The van der Waals surface area contributed by atoms with Crippen molar-refractivity contribution in [2.75, 3.05) is 11.6 Å². The highest BCUT2D eigenvalue weighted by molar-refractivity contribution is 5.99. The van der Waals surface area contributed by atoms with Gasteiger partial charge < -0.3 is 4.90 Å². The largest absolute Gasteiger partial charge is 0.309 e. The van der Waals surface area contributed by atoms with Crippen molar-refractivity contribution in [2.24, 2.45) is 5.10 Å². The Labute approximate surface area is 154 Å². The Balaban J connectivity index is 1.54. The first kappa shape index (κ1) is 19.8. The van der Waals surface area contributed by atoms with Gasteiger partial charge in [-0.3, -0.25) is 5.43 Å². The Morgan fingerprint density at radius 3 is 2.12 bits per heavy atom. The molecule has 1 N–H and O–H groups in total. The average Bonchev–Trinajstić information content (AvgIpc) is 3.08. The van der Waals surface area contributed by atoms with Crippen molar-refractivity contribution < 1.29 is 0 Å². The molecule has 3 heteroatoms. The predicted octanol–water partition coefficient (Wildman–Crippen LogP) is 6.38. The quantitative estimate of drug-likeness (QED) is 0.421. The summed E-state index contributed by atoms with van der Waals surface area (Å²) in [4.78, 5) is 2.33. The summed E-state index contributed by atoms with van der Waals surface area (Å²) in [5.41, 5.74) is 5.76. The second-order valence-corrected chi connectivity index (χ2v) is 7.34. The lowest BCUT2D eigenvalue weighted by Crippen LogP contribution is -2.29. The molecule has 0 fully saturated rings. The molecule has 0 atom stereocenters. The summed E-state index contributed by atoms with van der Waals surface area (Å²) in [6.07, 6.45) is 16.4. The van der Waals surface area contributed by atoms with Crippen LogP contribution in [0.25, 0.3) is 0 Å². The van der Waals surface area contributed by atoms with E-state index in [1.165, 1.54) is 87.7 Å². The van der Waals surface area contributed by atoms with Crippen LogP contribution in [0.3, 0.4) is 0 Å². The van der Waals surface area contributed by atoms with Gasteiger partial charge in [-0.05, 0) is 25.0 Å². The number of benzene rings is 1. The first-order chi connectivity index (χ1) is 12.3. The number of nitrogens with one attached hydrogen (secondary N) is 1. The van der Waals surface area contributed by atoms with Crippen molar-refractivity contribution in [3.8, 4) is 0 Å². The normalized spacial score (nSPS) is 13.8. The van der Waals surface area contributed by atoms with Crippen LogP contribution in [-0.2, 0) is 0 Å². The highest BCUT2D eigenvalue weighted by Crippen LogP contribution is 2.22. The van der Waals surface area contributed by atoms with Crippen molar-refractivity contribution in [3.05, 3.63) is 29.8 Å². The topological polar surface area (TPSA) is 27.6 Å². The Morgan fingerprint density at radius 1 is 0.880 bits per heavy atom. The molecule has 0 spiro atoms. The van der Waals surface area contributed by atoms with Gasteiger partial charge >= 0.3 is 0 Å². The Morgan fingerprint density at radius 2 is 1.48 bits per heavy atom. The fraction of sp³-hybridized carbons (Fsp3) is 0.682. The third-order valence-electron chi connectivity index (χ3n) is 5.16. The van der Waals surface area contributed by atoms with Gasteiger partial charge in [0.2, 0.25) is 0 Å². The van der Waals surface area contributed by atoms with Gasteiger partial charge in [-0.2, -0.15) is 5.10 Å². The number of hydrogen-bond acceptors (Lipinski definition) is 3. The lowest BCUT2D eigenvalue weighted by Gasteiger charge is -2.21. The molecule has 3 nitrogen and oxygen atoms in total. The summed E-state index contributed by atoms with van der Waals surface area (Å²) in [6.45, 7) is 5.26. The van der Waals surface area contributed by atoms with Gasteiger partial charge in [-0.15, -0.1) is 0 Å². The molecule has 1 aliphatic heterocycles. The number of anilines is 1. The SMILES string of the molecule is CCCCCCCCCCCCCC1=NNCN1c1ccccc1C. The maximum Gasteiger partial charge on any atom is 0.130 e. The summed E-state index contributed by atoms with van der Waals surface area (Å²) in [5.74, 6) is 1.20. The van der Waals surface area contributed by atoms with Crippen LogP contribution in [0, 0.1) is 6.92 Å². The van der Waals surface area contributed by atoms with Crippen molar-refractivity contribution in [3.63, 3.8) is 0 Å². The molecule has 0 amide bonds. The van der Waals surface area contributed by atoms with Gasteiger partial charge in [0.25, 0.3) is 0 Å². The molecule has 2 rings (SSSR count). The molecule has 0 saturated heterocycles. The fourth-order valence-corrected chi connectivity index (χ4v) is 3.58. The number of nitrogens with zero attached hydrogens (tertiary/aromatic N) is 2. The lowest BCUT2D eigenvalue weighted by atomic mass is 10.0. The van der Waals surface area contributed by atoms with Crippen LogP contribution >= 0.6 is 0 Å². The summed E-state index contributed by atoms with van der Waals surface area (Å²) in [6, 6.07) is 8.58. The zero-order valence-electron chi connectivity index (χ0n) is 16.4. The number of unbranched alkanes of at least 4 members (excludes halogenated alkanes) is 10. The van der Waals surface area contributed by atoms with Crippen LogP contribution in [0.4, 0.5) is 5.69 Å². The van der Waals surface area contributed by atoms with Gasteiger partial charge in [-0.1, -0.05) is 89.3 Å². The van der Waals surface area contributed by atoms with Gasteiger partial charge in [0.05, 0.1) is 0 Å². The minimum atomic E-state index is 0.804. The van der Waals surface area contributed by atoms with E-state index in [2.05, 4.69) is 53.5 Å². The van der Waals surface area contributed by atoms with Gasteiger partial charge in [-0.25, -0.2) is 0 Å².